The van der Waals surface area contributed by atoms with E-state index in [1.807, 2.05) is 6.92 Å². The van der Waals surface area contributed by atoms with Crippen LogP contribution in [0.25, 0.3) is 0 Å². The van der Waals surface area contributed by atoms with E-state index < -0.39 is 41.5 Å². The van der Waals surface area contributed by atoms with Crippen LogP contribution in [0.5, 0.6) is 0 Å². The Morgan fingerprint density at radius 3 is 2.64 bits per heavy atom. The monoisotopic (exact) mass is 512 g/mol. The summed E-state index contributed by atoms with van der Waals surface area (Å²) in [4.78, 5) is 41.0. The Morgan fingerprint density at radius 2 is 1.97 bits per heavy atom. The van der Waals surface area contributed by atoms with Gasteiger partial charge in [0.15, 0.2) is 0 Å². The number of nitrogens with one attached hydrogen (secondary N) is 1. The number of amides is 1. The number of likely N-dealkylation sites (tertiary alicyclic amines) is 1. The van der Waals surface area contributed by atoms with Gasteiger partial charge in [0.05, 0.1) is 18.8 Å². The molecule has 2 N–H and O–H groups in total. The molecule has 0 aromatic carbocycles. The van der Waals surface area contributed by atoms with Crippen LogP contribution in [0.4, 0.5) is 0 Å². The number of nitrogens with zero attached hydrogens (tertiary/aromatic N) is 1. The van der Waals surface area contributed by atoms with Gasteiger partial charge in [-0.1, -0.05) is 6.92 Å². The molecule has 0 aromatic heterocycles. The zero-order valence-electron chi connectivity index (χ0n) is 22.2. The lowest BCUT2D eigenvalue weighted by Crippen LogP contribution is -2.63. The van der Waals surface area contributed by atoms with Gasteiger partial charge in [-0.25, -0.2) is 4.79 Å². The van der Waals surface area contributed by atoms with Gasteiger partial charge in [0.2, 0.25) is 5.79 Å². The van der Waals surface area contributed by atoms with Crippen molar-refractivity contribution < 1.29 is 38.4 Å². The van der Waals surface area contributed by atoms with Crippen molar-refractivity contribution in [3.63, 3.8) is 0 Å². The number of piperidine rings is 2. The summed E-state index contributed by atoms with van der Waals surface area (Å²) in [5.74, 6) is -4.89. The molecule has 3 fully saturated rings. The quantitative estimate of drug-likeness (QED) is 0.330. The number of rotatable bonds is 10. The maximum absolute atomic E-state index is 13.4. The smallest absolute Gasteiger partial charge is 0.329 e. The van der Waals surface area contributed by atoms with Crippen LogP contribution in [-0.4, -0.2) is 98.3 Å². The first-order chi connectivity index (χ1) is 17.2. The van der Waals surface area contributed by atoms with E-state index >= 15 is 0 Å². The Bertz CT molecular complexity index is 758. The Kier molecular flexibility index (Phi) is 10.7. The molecule has 36 heavy (non-hydrogen) atoms. The van der Waals surface area contributed by atoms with Crippen LogP contribution >= 0.6 is 0 Å². The van der Waals surface area contributed by atoms with Crippen LogP contribution in [0.3, 0.4) is 0 Å². The molecule has 206 valence electrons. The molecule has 3 rings (SSSR count). The second-order valence-electron chi connectivity index (χ2n) is 10.6. The van der Waals surface area contributed by atoms with Crippen LogP contribution in [0.1, 0.15) is 65.2 Å². The highest BCUT2D eigenvalue weighted by atomic mass is 16.7. The molecule has 1 amide bonds. The van der Waals surface area contributed by atoms with Crippen molar-refractivity contribution in [2.75, 3.05) is 40.5 Å². The molecule has 10 nitrogen and oxygen atoms in total. The number of carbonyl (C=O) groups is 3. The third-order valence-corrected chi connectivity index (χ3v) is 7.89. The van der Waals surface area contributed by atoms with Crippen molar-refractivity contribution in [1.82, 2.24) is 10.2 Å². The van der Waals surface area contributed by atoms with Crippen LogP contribution < -0.4 is 5.32 Å². The third-order valence-electron chi connectivity index (χ3n) is 7.89. The summed E-state index contributed by atoms with van der Waals surface area (Å²) in [5.41, 5.74) is 0. The topological polar surface area (TPSA) is 124 Å². The van der Waals surface area contributed by atoms with E-state index in [1.165, 1.54) is 32.0 Å². The largest absolute Gasteiger partial charge is 0.461 e. The lowest BCUT2D eigenvalue weighted by Gasteiger charge is -2.44. The average Bonchev–Trinajstić information content (AvgIpc) is 2.89. The number of hydrogen-bond acceptors (Lipinski definition) is 9. The van der Waals surface area contributed by atoms with Crippen LogP contribution in [-0.2, 0) is 33.3 Å². The van der Waals surface area contributed by atoms with E-state index in [0.29, 0.717) is 25.2 Å². The van der Waals surface area contributed by atoms with Gasteiger partial charge in [-0.15, -0.1) is 0 Å². The van der Waals surface area contributed by atoms with Gasteiger partial charge in [-0.3, -0.25) is 9.59 Å². The molecule has 3 aliphatic heterocycles. The highest BCUT2D eigenvalue weighted by Gasteiger charge is 2.55. The third kappa shape index (κ3) is 6.83. The number of esters is 1. The van der Waals surface area contributed by atoms with E-state index in [4.69, 9.17) is 18.9 Å². The van der Waals surface area contributed by atoms with Crippen molar-refractivity contribution in [1.29, 1.82) is 0 Å². The zero-order valence-corrected chi connectivity index (χ0v) is 22.2. The Labute approximate surface area is 214 Å². The van der Waals surface area contributed by atoms with Crippen LogP contribution in [0, 0.1) is 11.8 Å². The van der Waals surface area contributed by atoms with E-state index in [1.54, 1.807) is 6.92 Å². The van der Waals surface area contributed by atoms with Crippen LogP contribution in [0.2, 0.25) is 0 Å². The summed E-state index contributed by atoms with van der Waals surface area (Å²) in [6.45, 7) is 5.92. The molecule has 3 heterocycles. The summed E-state index contributed by atoms with van der Waals surface area (Å²) < 4.78 is 22.0. The molecule has 0 saturated carbocycles. The molecule has 0 aromatic rings. The number of ketones is 1. The number of ether oxygens (including phenoxy) is 4. The zero-order chi connectivity index (χ0) is 26.3. The molecular formula is C26H44N2O8. The molecule has 10 heteroatoms. The van der Waals surface area contributed by atoms with Crippen molar-refractivity contribution in [3.8, 4) is 0 Å². The lowest BCUT2D eigenvalue weighted by molar-refractivity contribution is -0.291. The van der Waals surface area contributed by atoms with Gasteiger partial charge in [0.25, 0.3) is 11.7 Å². The summed E-state index contributed by atoms with van der Waals surface area (Å²) in [6.07, 6.45) is 4.86. The fourth-order valence-corrected chi connectivity index (χ4v) is 5.59. The number of carbonyl (C=O) groups excluding carboxylic acids is 3. The number of methoxy groups -OCH3 is 2. The molecule has 0 aliphatic carbocycles. The summed E-state index contributed by atoms with van der Waals surface area (Å²) in [5, 5.41) is 14.6. The first kappa shape index (κ1) is 29.0. The average molecular weight is 513 g/mol. The van der Waals surface area contributed by atoms with Crippen molar-refractivity contribution in [2.45, 2.75) is 95.4 Å². The second-order valence-corrected chi connectivity index (χ2v) is 10.6. The van der Waals surface area contributed by atoms with E-state index in [2.05, 4.69) is 5.32 Å². The Hall–Kier alpha value is -1.59. The normalized spacial score (nSPS) is 34.1. The number of aliphatic hydroxyl groups is 1. The number of hydrogen-bond donors (Lipinski definition) is 2. The minimum Gasteiger partial charge on any atom is -0.461 e. The minimum absolute atomic E-state index is 0.0997. The van der Waals surface area contributed by atoms with Crippen LogP contribution in [0.15, 0.2) is 0 Å². The van der Waals surface area contributed by atoms with Crippen molar-refractivity contribution >= 4 is 17.7 Å². The predicted octanol–water partition coefficient (Wildman–Crippen LogP) is 1.42. The van der Waals surface area contributed by atoms with Gasteiger partial charge in [-0.2, -0.15) is 0 Å². The van der Waals surface area contributed by atoms with Gasteiger partial charge < -0.3 is 34.3 Å². The second kappa shape index (κ2) is 13.3. The van der Waals surface area contributed by atoms with Crippen molar-refractivity contribution in [2.24, 2.45) is 11.8 Å². The van der Waals surface area contributed by atoms with Gasteiger partial charge >= 0.3 is 5.97 Å². The predicted molar refractivity (Wildman–Crippen MR) is 131 cm³/mol. The SMILES string of the molecule is COCC1O[C@@](O)(C(=O)C(=O)N2CCCC[C@H]2C(=O)OC(C)CCC2CCCNC2)[C@H](C)C[C@@H]1OC. The highest BCUT2D eigenvalue weighted by Crippen LogP contribution is 2.35. The van der Waals surface area contributed by atoms with Gasteiger partial charge in [0.1, 0.15) is 12.1 Å². The maximum Gasteiger partial charge on any atom is 0.329 e. The molecular weight excluding hydrogens is 468 g/mol. The molecule has 7 atom stereocenters. The first-order valence-electron chi connectivity index (χ1n) is 13.4. The molecule has 0 spiro atoms. The number of Topliss-reactive ketones (excluding diaryl/α,β-unsaturated/α-hetero) is 1. The van der Waals surface area contributed by atoms with E-state index in [-0.39, 0.29) is 25.4 Å². The fourth-order valence-electron chi connectivity index (χ4n) is 5.59. The first-order valence-corrected chi connectivity index (χ1v) is 13.4. The Morgan fingerprint density at radius 1 is 1.19 bits per heavy atom. The summed E-state index contributed by atoms with van der Waals surface area (Å²) in [6, 6.07) is -0.849. The van der Waals surface area contributed by atoms with Gasteiger partial charge in [0, 0.05) is 26.7 Å². The Balaban J connectivity index is 1.63. The maximum atomic E-state index is 13.4. The van der Waals surface area contributed by atoms with E-state index in [9.17, 15) is 19.5 Å². The van der Waals surface area contributed by atoms with E-state index in [0.717, 1.165) is 32.4 Å². The summed E-state index contributed by atoms with van der Waals surface area (Å²) in [7, 11) is 3.01. The molecule has 0 bridgehead atoms. The lowest BCUT2D eigenvalue weighted by atomic mass is 9.85. The van der Waals surface area contributed by atoms with Gasteiger partial charge in [-0.05, 0) is 77.3 Å². The minimum atomic E-state index is -2.32. The fraction of sp³-hybridized carbons (Fsp3) is 0.885. The summed E-state index contributed by atoms with van der Waals surface area (Å²) >= 11 is 0. The van der Waals surface area contributed by atoms with Crippen molar-refractivity contribution in [3.05, 3.63) is 0 Å². The molecule has 3 saturated heterocycles. The standard InChI is InChI=1S/C26H44N2O8/c1-17-14-21(34-4)22(16-33-3)36-26(17,32)23(29)24(30)28-13-6-5-9-20(28)25(31)35-18(2)10-11-19-8-7-12-27-15-19/h17-22,27,32H,5-16H2,1-4H3/t17-,18?,19?,20+,21+,22?,26-/m1/s1. The highest BCUT2D eigenvalue weighted by molar-refractivity contribution is 6.39. The molecule has 3 unspecified atom stereocenters. The molecule has 3 aliphatic rings. The molecule has 0 radical (unpaired) electrons.